The zero-order valence-corrected chi connectivity index (χ0v) is 12.9. The molecule has 1 aromatic carbocycles. The molecule has 2 aromatic heterocycles. The van der Waals surface area contributed by atoms with Gasteiger partial charge in [0.25, 0.3) is 5.56 Å². The first-order valence-corrected chi connectivity index (χ1v) is 7.32. The molecular formula is C16H18N4O2. The average molecular weight is 298 g/mol. The monoisotopic (exact) mass is 298 g/mol. The Balaban J connectivity index is 1.96. The number of aryl methyl sites for hydroxylation is 1. The van der Waals surface area contributed by atoms with E-state index in [-0.39, 0.29) is 12.1 Å². The van der Waals surface area contributed by atoms with Gasteiger partial charge in [0.2, 0.25) is 5.89 Å². The summed E-state index contributed by atoms with van der Waals surface area (Å²) in [6.45, 7) is 6.26. The highest BCUT2D eigenvalue weighted by Crippen LogP contribution is 2.12. The van der Waals surface area contributed by atoms with Crippen LogP contribution in [0.25, 0.3) is 10.8 Å². The van der Waals surface area contributed by atoms with Gasteiger partial charge in [-0.1, -0.05) is 37.2 Å². The SMILES string of the molecule is Cc1nn(Cc2nc(CC(C)C)no2)c(=O)c2ccccc12. The van der Waals surface area contributed by atoms with E-state index in [0.29, 0.717) is 23.0 Å². The quantitative estimate of drug-likeness (QED) is 0.739. The van der Waals surface area contributed by atoms with Crippen LogP contribution in [0.15, 0.2) is 33.6 Å². The summed E-state index contributed by atoms with van der Waals surface area (Å²) in [7, 11) is 0. The Bertz CT molecular complexity index is 864. The van der Waals surface area contributed by atoms with Gasteiger partial charge in [0.15, 0.2) is 5.82 Å². The highest BCUT2D eigenvalue weighted by atomic mass is 16.5. The summed E-state index contributed by atoms with van der Waals surface area (Å²) >= 11 is 0. The Morgan fingerprint density at radius 3 is 2.68 bits per heavy atom. The van der Waals surface area contributed by atoms with E-state index in [1.54, 1.807) is 6.07 Å². The second-order valence-electron chi connectivity index (χ2n) is 5.80. The summed E-state index contributed by atoms with van der Waals surface area (Å²) in [5.74, 6) is 1.52. The molecule has 6 nitrogen and oxygen atoms in total. The third-order valence-corrected chi connectivity index (χ3v) is 3.44. The topological polar surface area (TPSA) is 73.8 Å². The molecule has 0 fully saturated rings. The fourth-order valence-electron chi connectivity index (χ4n) is 2.44. The van der Waals surface area contributed by atoms with E-state index in [4.69, 9.17) is 4.52 Å². The molecule has 22 heavy (non-hydrogen) atoms. The fourth-order valence-corrected chi connectivity index (χ4v) is 2.44. The maximum absolute atomic E-state index is 12.5. The standard InChI is InChI=1S/C16H18N4O2/c1-10(2)8-14-17-15(22-19-14)9-20-16(21)13-7-5-4-6-12(13)11(3)18-20/h4-7,10H,8-9H2,1-3H3. The van der Waals surface area contributed by atoms with Crippen molar-refractivity contribution in [3.63, 3.8) is 0 Å². The number of aromatic nitrogens is 4. The van der Waals surface area contributed by atoms with Gasteiger partial charge in [-0.05, 0) is 18.9 Å². The van der Waals surface area contributed by atoms with Gasteiger partial charge in [-0.15, -0.1) is 0 Å². The first-order chi connectivity index (χ1) is 10.5. The minimum atomic E-state index is -0.148. The number of hydrogen-bond acceptors (Lipinski definition) is 5. The number of hydrogen-bond donors (Lipinski definition) is 0. The van der Waals surface area contributed by atoms with Crippen LogP contribution in [-0.4, -0.2) is 19.9 Å². The van der Waals surface area contributed by atoms with Gasteiger partial charge in [-0.2, -0.15) is 10.1 Å². The van der Waals surface area contributed by atoms with Crippen molar-refractivity contribution in [1.82, 2.24) is 19.9 Å². The van der Waals surface area contributed by atoms with Crippen LogP contribution in [0.2, 0.25) is 0 Å². The Kier molecular flexibility index (Phi) is 3.75. The molecule has 0 unspecified atom stereocenters. The molecule has 0 N–H and O–H groups in total. The van der Waals surface area contributed by atoms with Gasteiger partial charge in [0.1, 0.15) is 6.54 Å². The van der Waals surface area contributed by atoms with Gasteiger partial charge in [0.05, 0.1) is 11.1 Å². The summed E-state index contributed by atoms with van der Waals surface area (Å²) in [6, 6.07) is 7.45. The van der Waals surface area contributed by atoms with Crippen molar-refractivity contribution in [1.29, 1.82) is 0 Å². The van der Waals surface area contributed by atoms with Gasteiger partial charge in [-0.3, -0.25) is 4.79 Å². The Morgan fingerprint density at radius 2 is 1.95 bits per heavy atom. The molecule has 0 atom stereocenters. The lowest BCUT2D eigenvalue weighted by atomic mass is 10.1. The van der Waals surface area contributed by atoms with Crippen LogP contribution >= 0.6 is 0 Å². The normalized spacial score (nSPS) is 11.5. The molecule has 0 bridgehead atoms. The second kappa shape index (κ2) is 5.71. The Labute approximate surface area is 127 Å². The van der Waals surface area contributed by atoms with Gasteiger partial charge in [-0.25, -0.2) is 4.68 Å². The summed E-state index contributed by atoms with van der Waals surface area (Å²) < 4.78 is 6.59. The maximum atomic E-state index is 12.5. The van der Waals surface area contributed by atoms with Crippen LogP contribution in [0.3, 0.4) is 0 Å². The fraction of sp³-hybridized carbons (Fsp3) is 0.375. The Morgan fingerprint density at radius 1 is 1.23 bits per heavy atom. The van der Waals surface area contributed by atoms with Crippen molar-refractivity contribution in [2.45, 2.75) is 33.7 Å². The van der Waals surface area contributed by atoms with Gasteiger partial charge in [0, 0.05) is 11.8 Å². The van der Waals surface area contributed by atoms with Crippen molar-refractivity contribution >= 4 is 10.8 Å². The lowest BCUT2D eigenvalue weighted by molar-refractivity contribution is 0.357. The molecule has 3 rings (SSSR count). The molecule has 0 saturated heterocycles. The van der Waals surface area contributed by atoms with E-state index in [1.165, 1.54) is 4.68 Å². The van der Waals surface area contributed by atoms with Crippen LogP contribution in [0.4, 0.5) is 0 Å². The van der Waals surface area contributed by atoms with Crippen LogP contribution in [0.5, 0.6) is 0 Å². The third kappa shape index (κ3) is 2.77. The van der Waals surface area contributed by atoms with Crippen molar-refractivity contribution in [3.8, 4) is 0 Å². The molecule has 2 heterocycles. The average Bonchev–Trinajstić information content (AvgIpc) is 2.91. The number of fused-ring (bicyclic) bond motifs is 1. The van der Waals surface area contributed by atoms with E-state index in [1.807, 2.05) is 25.1 Å². The summed E-state index contributed by atoms with van der Waals surface area (Å²) in [5, 5.41) is 9.80. The molecule has 0 radical (unpaired) electrons. The minimum absolute atomic E-state index is 0.148. The number of rotatable bonds is 4. The maximum Gasteiger partial charge on any atom is 0.275 e. The van der Waals surface area contributed by atoms with Crippen LogP contribution in [0.1, 0.15) is 31.3 Å². The van der Waals surface area contributed by atoms with Crippen molar-refractivity contribution < 1.29 is 4.52 Å². The highest BCUT2D eigenvalue weighted by molar-refractivity contribution is 5.83. The predicted molar refractivity (Wildman–Crippen MR) is 82.7 cm³/mol. The molecule has 6 heteroatoms. The molecule has 114 valence electrons. The minimum Gasteiger partial charge on any atom is -0.337 e. The first kappa shape index (κ1) is 14.4. The lowest BCUT2D eigenvalue weighted by Crippen LogP contribution is -2.24. The summed E-state index contributed by atoms with van der Waals surface area (Å²) in [4.78, 5) is 16.8. The molecule has 0 spiro atoms. The van der Waals surface area contributed by atoms with Crippen LogP contribution < -0.4 is 5.56 Å². The number of nitrogens with zero attached hydrogens (tertiary/aromatic N) is 4. The van der Waals surface area contributed by atoms with E-state index >= 15 is 0 Å². The zero-order chi connectivity index (χ0) is 15.7. The molecule has 0 saturated carbocycles. The van der Waals surface area contributed by atoms with E-state index in [2.05, 4.69) is 29.1 Å². The van der Waals surface area contributed by atoms with Crippen molar-refractivity contribution in [2.75, 3.05) is 0 Å². The van der Waals surface area contributed by atoms with Crippen LogP contribution in [0, 0.1) is 12.8 Å². The summed E-state index contributed by atoms with van der Waals surface area (Å²) in [6.07, 6.45) is 0.753. The first-order valence-electron chi connectivity index (χ1n) is 7.32. The van der Waals surface area contributed by atoms with Crippen molar-refractivity contribution in [3.05, 3.63) is 52.0 Å². The van der Waals surface area contributed by atoms with E-state index < -0.39 is 0 Å². The number of benzene rings is 1. The van der Waals surface area contributed by atoms with Crippen LogP contribution in [-0.2, 0) is 13.0 Å². The largest absolute Gasteiger partial charge is 0.337 e. The molecule has 0 aliphatic heterocycles. The van der Waals surface area contributed by atoms with Gasteiger partial charge >= 0.3 is 0 Å². The second-order valence-corrected chi connectivity index (χ2v) is 5.80. The van der Waals surface area contributed by atoms with Gasteiger partial charge < -0.3 is 4.52 Å². The molecular weight excluding hydrogens is 280 g/mol. The molecule has 0 amide bonds. The third-order valence-electron chi connectivity index (χ3n) is 3.44. The predicted octanol–water partition coefficient (Wildman–Crippen LogP) is 2.33. The van der Waals surface area contributed by atoms with E-state index in [0.717, 1.165) is 17.5 Å². The lowest BCUT2D eigenvalue weighted by Gasteiger charge is -2.06. The molecule has 3 aromatic rings. The molecule has 0 aliphatic rings. The van der Waals surface area contributed by atoms with E-state index in [9.17, 15) is 4.79 Å². The Hall–Kier alpha value is -2.50. The summed E-state index contributed by atoms with van der Waals surface area (Å²) in [5.41, 5.74) is 0.655. The smallest absolute Gasteiger partial charge is 0.275 e. The zero-order valence-electron chi connectivity index (χ0n) is 12.9. The highest BCUT2D eigenvalue weighted by Gasteiger charge is 2.12. The van der Waals surface area contributed by atoms with Crippen molar-refractivity contribution in [2.24, 2.45) is 5.92 Å². The molecule has 0 aliphatic carbocycles.